The van der Waals surface area contributed by atoms with Crippen LogP contribution in [0.4, 0.5) is 0 Å². The molecule has 1 amide bonds. The molecule has 3 aromatic rings. The maximum atomic E-state index is 13.0. The third-order valence-electron chi connectivity index (χ3n) is 4.72. The van der Waals surface area contributed by atoms with Crippen LogP contribution in [0.5, 0.6) is 11.5 Å². The van der Waals surface area contributed by atoms with E-state index in [4.69, 9.17) is 9.47 Å². The van der Waals surface area contributed by atoms with E-state index in [1.807, 2.05) is 85.8 Å². The molecule has 0 radical (unpaired) electrons. The van der Waals surface area contributed by atoms with Gasteiger partial charge in [-0.15, -0.1) is 0 Å². The lowest BCUT2D eigenvalue weighted by Crippen LogP contribution is -2.45. The van der Waals surface area contributed by atoms with Crippen LogP contribution in [-0.2, 0) is 4.79 Å². The Labute approximate surface area is 158 Å². The first-order chi connectivity index (χ1) is 13.2. The molecular formula is C23H21NO3. The van der Waals surface area contributed by atoms with E-state index in [-0.39, 0.29) is 18.6 Å². The van der Waals surface area contributed by atoms with Crippen LogP contribution in [0.15, 0.2) is 78.9 Å². The van der Waals surface area contributed by atoms with Crippen molar-refractivity contribution in [2.45, 2.75) is 19.1 Å². The highest BCUT2D eigenvalue weighted by molar-refractivity contribution is 5.82. The largest absolute Gasteiger partial charge is 0.485 e. The second-order valence-electron chi connectivity index (χ2n) is 6.57. The van der Waals surface area contributed by atoms with Gasteiger partial charge in [-0.25, -0.2) is 0 Å². The van der Waals surface area contributed by atoms with Crippen molar-refractivity contribution in [3.63, 3.8) is 0 Å². The van der Waals surface area contributed by atoms with Gasteiger partial charge in [-0.1, -0.05) is 66.7 Å². The van der Waals surface area contributed by atoms with Crippen molar-refractivity contribution in [2.24, 2.45) is 0 Å². The molecule has 4 rings (SSSR count). The lowest BCUT2D eigenvalue weighted by atomic mass is 9.95. The number of aryl methyl sites for hydroxylation is 1. The number of carbonyl (C=O) groups excluding carboxylic acids is 1. The molecule has 0 saturated carbocycles. The lowest BCUT2D eigenvalue weighted by Gasteiger charge is -2.28. The zero-order chi connectivity index (χ0) is 18.6. The first kappa shape index (κ1) is 17.2. The summed E-state index contributed by atoms with van der Waals surface area (Å²) in [6, 6.07) is 25.2. The van der Waals surface area contributed by atoms with Crippen LogP contribution < -0.4 is 14.8 Å². The van der Waals surface area contributed by atoms with E-state index in [1.54, 1.807) is 0 Å². The number of hydrogen-bond acceptors (Lipinski definition) is 3. The topological polar surface area (TPSA) is 47.6 Å². The van der Waals surface area contributed by atoms with Crippen LogP contribution in [0, 0.1) is 6.92 Å². The average molecular weight is 359 g/mol. The van der Waals surface area contributed by atoms with Gasteiger partial charge in [0.1, 0.15) is 6.61 Å². The second-order valence-corrected chi connectivity index (χ2v) is 6.57. The quantitative estimate of drug-likeness (QED) is 0.765. The fourth-order valence-electron chi connectivity index (χ4n) is 3.28. The summed E-state index contributed by atoms with van der Waals surface area (Å²) in [6.45, 7) is 2.24. The summed E-state index contributed by atoms with van der Waals surface area (Å²) < 4.78 is 11.5. The molecule has 0 saturated heterocycles. The maximum absolute atomic E-state index is 13.0. The van der Waals surface area contributed by atoms with E-state index in [0.29, 0.717) is 11.5 Å². The van der Waals surface area contributed by atoms with E-state index in [9.17, 15) is 4.79 Å². The molecule has 4 nitrogen and oxygen atoms in total. The minimum Gasteiger partial charge on any atom is -0.485 e. The Bertz CT molecular complexity index is 939. The molecule has 3 aromatic carbocycles. The minimum atomic E-state index is -0.685. The van der Waals surface area contributed by atoms with E-state index in [1.165, 1.54) is 0 Å². The molecule has 1 heterocycles. The van der Waals surface area contributed by atoms with Gasteiger partial charge in [0.25, 0.3) is 5.91 Å². The molecule has 4 heteroatoms. The molecule has 0 aromatic heterocycles. The summed E-state index contributed by atoms with van der Waals surface area (Å²) in [6.07, 6.45) is -0.685. The summed E-state index contributed by atoms with van der Waals surface area (Å²) in [4.78, 5) is 13.0. The normalized spacial score (nSPS) is 16.4. The number of hydrogen-bond donors (Lipinski definition) is 1. The number of benzene rings is 3. The summed E-state index contributed by atoms with van der Waals surface area (Å²) in [5.74, 6) is 1.07. The van der Waals surface area contributed by atoms with Crippen molar-refractivity contribution in [3.8, 4) is 11.5 Å². The smallest absolute Gasteiger partial charge is 0.265 e. The third kappa shape index (κ3) is 3.65. The SMILES string of the molecule is Cc1ccccc1C(NC(=O)C1COc2ccccc2O1)c1ccccc1. The standard InChI is InChI=1S/C23H21NO3/c1-16-9-5-6-12-18(16)22(17-10-3-2-4-11-17)24-23(25)21-15-26-19-13-7-8-14-20(19)27-21/h2-14,21-22H,15H2,1H3,(H,24,25). The Balaban J connectivity index is 1.59. The Morgan fingerprint density at radius 2 is 1.59 bits per heavy atom. The molecule has 27 heavy (non-hydrogen) atoms. The highest BCUT2D eigenvalue weighted by Gasteiger charge is 2.29. The average Bonchev–Trinajstić information content (AvgIpc) is 2.73. The summed E-state index contributed by atoms with van der Waals surface area (Å²) >= 11 is 0. The molecule has 136 valence electrons. The molecule has 0 fully saturated rings. The number of para-hydroxylation sites is 2. The molecule has 1 N–H and O–H groups in total. The van der Waals surface area contributed by atoms with Crippen LogP contribution in [-0.4, -0.2) is 18.6 Å². The first-order valence-corrected chi connectivity index (χ1v) is 9.02. The number of nitrogens with one attached hydrogen (secondary N) is 1. The van der Waals surface area contributed by atoms with Gasteiger partial charge in [0.05, 0.1) is 6.04 Å². The number of amides is 1. The Kier molecular flexibility index (Phi) is 4.79. The minimum absolute atomic E-state index is 0.193. The van der Waals surface area contributed by atoms with Crippen molar-refractivity contribution in [1.29, 1.82) is 0 Å². The van der Waals surface area contributed by atoms with Gasteiger partial charge in [-0.05, 0) is 35.7 Å². The molecule has 0 aliphatic carbocycles. The Morgan fingerprint density at radius 3 is 2.37 bits per heavy atom. The highest BCUT2D eigenvalue weighted by atomic mass is 16.6. The zero-order valence-electron chi connectivity index (χ0n) is 15.1. The Hall–Kier alpha value is -3.27. The van der Waals surface area contributed by atoms with Gasteiger partial charge in [0.2, 0.25) is 6.10 Å². The third-order valence-corrected chi connectivity index (χ3v) is 4.72. The van der Waals surface area contributed by atoms with Gasteiger partial charge >= 0.3 is 0 Å². The van der Waals surface area contributed by atoms with Crippen LogP contribution in [0.25, 0.3) is 0 Å². The highest BCUT2D eigenvalue weighted by Crippen LogP contribution is 2.31. The van der Waals surface area contributed by atoms with Crippen molar-refractivity contribution >= 4 is 5.91 Å². The van der Waals surface area contributed by atoms with Crippen molar-refractivity contribution in [2.75, 3.05) is 6.61 Å². The summed E-state index contributed by atoms with van der Waals surface area (Å²) in [5.41, 5.74) is 3.21. The molecule has 2 unspecified atom stereocenters. The predicted molar refractivity (Wildman–Crippen MR) is 104 cm³/mol. The van der Waals surface area contributed by atoms with Crippen molar-refractivity contribution in [1.82, 2.24) is 5.32 Å². The molecule has 1 aliphatic heterocycles. The lowest BCUT2D eigenvalue weighted by molar-refractivity contribution is -0.130. The molecule has 2 atom stereocenters. The number of carbonyl (C=O) groups is 1. The first-order valence-electron chi connectivity index (χ1n) is 9.02. The van der Waals surface area contributed by atoms with Gasteiger partial charge in [-0.3, -0.25) is 4.79 Å². The predicted octanol–water partition coefficient (Wildman–Crippen LogP) is 4.04. The van der Waals surface area contributed by atoms with Crippen molar-refractivity contribution < 1.29 is 14.3 Å². The van der Waals surface area contributed by atoms with Crippen molar-refractivity contribution in [3.05, 3.63) is 95.6 Å². The fourth-order valence-corrected chi connectivity index (χ4v) is 3.28. The number of ether oxygens (including phenoxy) is 2. The Morgan fingerprint density at radius 1 is 0.926 bits per heavy atom. The van der Waals surface area contributed by atoms with E-state index < -0.39 is 6.10 Å². The number of fused-ring (bicyclic) bond motifs is 1. The van der Waals surface area contributed by atoms with E-state index in [2.05, 4.69) is 5.32 Å². The van der Waals surface area contributed by atoms with Crippen LogP contribution >= 0.6 is 0 Å². The van der Waals surface area contributed by atoms with Gasteiger partial charge < -0.3 is 14.8 Å². The summed E-state index contributed by atoms with van der Waals surface area (Å²) in [5, 5.41) is 3.15. The van der Waals surface area contributed by atoms with Gasteiger partial charge in [0.15, 0.2) is 11.5 Å². The fraction of sp³-hybridized carbons (Fsp3) is 0.174. The van der Waals surface area contributed by atoms with E-state index >= 15 is 0 Å². The second kappa shape index (κ2) is 7.54. The van der Waals surface area contributed by atoms with Crippen LogP contribution in [0.1, 0.15) is 22.7 Å². The van der Waals surface area contributed by atoms with Crippen LogP contribution in [0.2, 0.25) is 0 Å². The van der Waals surface area contributed by atoms with E-state index in [0.717, 1.165) is 16.7 Å². The molecule has 0 spiro atoms. The monoisotopic (exact) mass is 359 g/mol. The number of rotatable bonds is 4. The van der Waals surface area contributed by atoms with Gasteiger partial charge in [0, 0.05) is 0 Å². The molecular weight excluding hydrogens is 338 g/mol. The summed E-state index contributed by atoms with van der Waals surface area (Å²) in [7, 11) is 0. The maximum Gasteiger partial charge on any atom is 0.265 e. The molecule has 1 aliphatic rings. The van der Waals surface area contributed by atoms with Gasteiger partial charge in [-0.2, -0.15) is 0 Å². The molecule has 0 bridgehead atoms. The van der Waals surface area contributed by atoms with Crippen LogP contribution in [0.3, 0.4) is 0 Å². The zero-order valence-corrected chi connectivity index (χ0v) is 15.1.